The van der Waals surface area contributed by atoms with Gasteiger partial charge in [-0.15, -0.1) is 0 Å². The Morgan fingerprint density at radius 1 is 1.13 bits per heavy atom. The number of sulfonamides is 1. The van der Waals surface area contributed by atoms with Gasteiger partial charge in [-0.25, -0.2) is 13.4 Å². The van der Waals surface area contributed by atoms with Gasteiger partial charge < -0.3 is 4.74 Å². The van der Waals surface area contributed by atoms with E-state index in [0.717, 1.165) is 22.5 Å². The molecule has 3 rings (SSSR count). The maximum absolute atomic E-state index is 13.4. The highest BCUT2D eigenvalue weighted by Gasteiger charge is 2.31. The Morgan fingerprint density at radius 3 is 2.45 bits per heavy atom. The first kappa shape index (κ1) is 23.1. The van der Waals surface area contributed by atoms with Crippen molar-refractivity contribution < 1.29 is 13.2 Å². The normalized spacial score (nSPS) is 15.2. The maximum Gasteiger partial charge on any atom is 0.246 e. The maximum atomic E-state index is 13.4. The zero-order valence-electron chi connectivity index (χ0n) is 18.9. The van der Waals surface area contributed by atoms with Crippen molar-refractivity contribution in [3.8, 4) is 17.6 Å². The second-order valence-electron chi connectivity index (χ2n) is 8.76. The third-order valence-electron chi connectivity index (χ3n) is 5.38. The van der Waals surface area contributed by atoms with Crippen LogP contribution in [0.3, 0.4) is 0 Å². The number of hydrogen-bond donors (Lipinski definition) is 0. The first-order valence-corrected chi connectivity index (χ1v) is 11.9. The van der Waals surface area contributed by atoms with E-state index in [-0.39, 0.29) is 10.3 Å². The Hall–Kier alpha value is -2.62. The van der Waals surface area contributed by atoms with Crippen LogP contribution in [0.15, 0.2) is 52.9 Å². The summed E-state index contributed by atoms with van der Waals surface area (Å²) in [6.45, 7) is 9.00. The van der Waals surface area contributed by atoms with Crippen LogP contribution in [-0.2, 0) is 15.4 Å². The number of piperidine rings is 1. The van der Waals surface area contributed by atoms with E-state index in [1.54, 1.807) is 16.4 Å². The summed E-state index contributed by atoms with van der Waals surface area (Å²) in [6, 6.07) is 11.2. The molecule has 0 atom stereocenters. The Balaban J connectivity index is 1.76. The van der Waals surface area contributed by atoms with Crippen LogP contribution in [0.25, 0.3) is 0 Å². The number of allylic oxidation sites excluding steroid dienone is 1. The molecule has 2 heterocycles. The number of aromatic nitrogens is 1. The molecule has 1 fully saturated rings. The standard InChI is InChI=1S/C25H30N2O3S/c1-19-8-6-10-22(26-19)11-7-9-20-14-16-27(17-15-20)31(28,29)24-18-21(25(2,3)4)12-13-23(24)30-5/h6,8-10,12-13,18H,14-17H2,1-5H3. The third kappa shape index (κ3) is 5.55. The lowest BCUT2D eigenvalue weighted by Crippen LogP contribution is -2.36. The minimum atomic E-state index is -3.64. The lowest BCUT2D eigenvalue weighted by Gasteiger charge is -2.29. The highest BCUT2D eigenvalue weighted by molar-refractivity contribution is 7.89. The fraction of sp³-hybridized carbons (Fsp3) is 0.400. The summed E-state index contributed by atoms with van der Waals surface area (Å²) in [5.41, 5.74) is 3.64. The van der Waals surface area contributed by atoms with E-state index in [9.17, 15) is 8.42 Å². The summed E-state index contributed by atoms with van der Waals surface area (Å²) in [4.78, 5) is 4.61. The predicted octanol–water partition coefficient (Wildman–Crippen LogP) is 4.46. The molecule has 0 N–H and O–H groups in total. The molecule has 0 saturated carbocycles. The molecule has 0 spiro atoms. The number of pyridine rings is 1. The number of rotatable bonds is 3. The second-order valence-corrected chi connectivity index (χ2v) is 10.7. The van der Waals surface area contributed by atoms with Crippen molar-refractivity contribution in [3.63, 3.8) is 0 Å². The van der Waals surface area contributed by atoms with Crippen molar-refractivity contribution in [3.05, 3.63) is 65.0 Å². The van der Waals surface area contributed by atoms with E-state index in [4.69, 9.17) is 4.74 Å². The zero-order chi connectivity index (χ0) is 22.6. The molecule has 0 aliphatic carbocycles. The van der Waals surface area contributed by atoms with Crippen LogP contribution in [0.4, 0.5) is 0 Å². The van der Waals surface area contributed by atoms with Crippen molar-refractivity contribution in [1.29, 1.82) is 0 Å². The van der Waals surface area contributed by atoms with Gasteiger partial charge in [-0.1, -0.05) is 44.4 Å². The molecular formula is C25H30N2O3S. The van der Waals surface area contributed by atoms with Crippen LogP contribution >= 0.6 is 0 Å². The molecule has 5 nitrogen and oxygen atoms in total. The molecule has 6 heteroatoms. The van der Waals surface area contributed by atoms with E-state index in [1.807, 2.05) is 37.3 Å². The van der Waals surface area contributed by atoms with Gasteiger partial charge in [0.05, 0.1) is 7.11 Å². The lowest BCUT2D eigenvalue weighted by molar-refractivity contribution is 0.375. The first-order chi connectivity index (χ1) is 14.6. The highest BCUT2D eigenvalue weighted by atomic mass is 32.2. The molecule has 1 aliphatic heterocycles. The van der Waals surface area contributed by atoms with Crippen molar-refractivity contribution in [2.45, 2.75) is 50.8 Å². The first-order valence-electron chi connectivity index (χ1n) is 10.4. The summed E-state index contributed by atoms with van der Waals surface area (Å²) in [6.07, 6.45) is 3.22. The van der Waals surface area contributed by atoms with Gasteiger partial charge in [0.1, 0.15) is 16.3 Å². The van der Waals surface area contributed by atoms with Crippen LogP contribution in [0.5, 0.6) is 5.75 Å². The fourth-order valence-electron chi connectivity index (χ4n) is 3.47. The van der Waals surface area contributed by atoms with Gasteiger partial charge in [-0.3, -0.25) is 0 Å². The Morgan fingerprint density at radius 2 is 1.84 bits per heavy atom. The van der Waals surface area contributed by atoms with Gasteiger partial charge in [-0.05, 0) is 67.0 Å². The topological polar surface area (TPSA) is 59.5 Å². The minimum Gasteiger partial charge on any atom is -0.495 e. The molecule has 31 heavy (non-hydrogen) atoms. The SMILES string of the molecule is COc1ccc(C(C)(C)C)cc1S(=O)(=O)N1CCC(=CC#Cc2cccc(C)n2)CC1. The number of hydrogen-bond acceptors (Lipinski definition) is 4. The van der Waals surface area contributed by atoms with Gasteiger partial charge in [0.2, 0.25) is 10.0 Å². The number of benzene rings is 1. The van der Waals surface area contributed by atoms with Gasteiger partial charge in [0.15, 0.2) is 0 Å². The number of aryl methyl sites for hydroxylation is 1. The Kier molecular flexibility index (Phi) is 6.88. The van der Waals surface area contributed by atoms with E-state index < -0.39 is 10.0 Å². The van der Waals surface area contributed by atoms with Crippen LogP contribution in [0, 0.1) is 18.8 Å². The van der Waals surface area contributed by atoms with Crippen molar-refractivity contribution in [1.82, 2.24) is 9.29 Å². The Labute approximate surface area is 186 Å². The molecule has 1 saturated heterocycles. The quantitative estimate of drug-likeness (QED) is 0.664. The predicted molar refractivity (Wildman–Crippen MR) is 124 cm³/mol. The van der Waals surface area contributed by atoms with E-state index in [1.165, 1.54) is 7.11 Å². The monoisotopic (exact) mass is 438 g/mol. The summed E-state index contributed by atoms with van der Waals surface area (Å²) in [5, 5.41) is 0. The van der Waals surface area contributed by atoms with Gasteiger partial charge in [0, 0.05) is 18.8 Å². The van der Waals surface area contributed by atoms with Gasteiger partial charge in [-0.2, -0.15) is 4.31 Å². The van der Waals surface area contributed by atoms with Crippen LogP contribution in [0.1, 0.15) is 50.6 Å². The fourth-order valence-corrected chi connectivity index (χ4v) is 5.09. The van der Waals surface area contributed by atoms with E-state index in [2.05, 4.69) is 37.6 Å². The summed E-state index contributed by atoms with van der Waals surface area (Å²) in [7, 11) is -2.14. The zero-order valence-corrected chi connectivity index (χ0v) is 19.7. The van der Waals surface area contributed by atoms with Crippen molar-refractivity contribution in [2.24, 2.45) is 0 Å². The van der Waals surface area contributed by atoms with Crippen molar-refractivity contribution in [2.75, 3.05) is 20.2 Å². The molecule has 1 aliphatic rings. The summed E-state index contributed by atoms with van der Waals surface area (Å²) in [5.74, 6) is 6.49. The average Bonchev–Trinajstić information content (AvgIpc) is 2.73. The minimum absolute atomic E-state index is 0.154. The molecule has 1 aromatic carbocycles. The molecule has 0 unspecified atom stereocenters. The van der Waals surface area contributed by atoms with Gasteiger partial charge >= 0.3 is 0 Å². The van der Waals surface area contributed by atoms with E-state index in [0.29, 0.717) is 31.7 Å². The van der Waals surface area contributed by atoms with E-state index >= 15 is 0 Å². The Bertz CT molecular complexity index is 1140. The largest absolute Gasteiger partial charge is 0.495 e. The molecule has 0 amide bonds. The number of nitrogens with zero attached hydrogens (tertiary/aromatic N) is 2. The van der Waals surface area contributed by atoms with Crippen LogP contribution < -0.4 is 4.74 Å². The summed E-state index contributed by atoms with van der Waals surface area (Å²) >= 11 is 0. The average molecular weight is 439 g/mol. The molecule has 164 valence electrons. The molecular weight excluding hydrogens is 408 g/mol. The van der Waals surface area contributed by atoms with Crippen molar-refractivity contribution >= 4 is 10.0 Å². The lowest BCUT2D eigenvalue weighted by atomic mass is 9.87. The van der Waals surface area contributed by atoms with Gasteiger partial charge in [0.25, 0.3) is 0 Å². The molecule has 0 radical (unpaired) electrons. The van der Waals surface area contributed by atoms with Crippen LogP contribution in [0.2, 0.25) is 0 Å². The molecule has 1 aromatic heterocycles. The molecule has 2 aromatic rings. The summed E-state index contributed by atoms with van der Waals surface area (Å²) < 4.78 is 33.7. The smallest absolute Gasteiger partial charge is 0.246 e. The van der Waals surface area contributed by atoms with Crippen LogP contribution in [-0.4, -0.2) is 37.9 Å². The number of methoxy groups -OCH3 is 1. The third-order valence-corrected chi connectivity index (χ3v) is 7.30. The highest BCUT2D eigenvalue weighted by Crippen LogP contribution is 2.33. The second kappa shape index (κ2) is 9.25. The number of ether oxygens (including phenoxy) is 1. The molecule has 0 bridgehead atoms.